The van der Waals surface area contributed by atoms with Crippen molar-refractivity contribution < 1.29 is 14.3 Å². The van der Waals surface area contributed by atoms with E-state index in [4.69, 9.17) is 16.0 Å². The first-order valence-corrected chi connectivity index (χ1v) is 6.05. The molecule has 0 saturated carbocycles. The van der Waals surface area contributed by atoms with Crippen LogP contribution in [0.2, 0.25) is 5.02 Å². The molecule has 0 atom stereocenters. The van der Waals surface area contributed by atoms with Crippen LogP contribution >= 0.6 is 11.6 Å². The lowest BCUT2D eigenvalue weighted by Crippen LogP contribution is -1.99. The number of carbonyl (C=O) groups is 1. The molecular weight excluding hydrogens is 264 g/mol. The summed E-state index contributed by atoms with van der Waals surface area (Å²) in [5, 5.41) is 11.1. The Morgan fingerprint density at radius 3 is 2.42 bits per heavy atom. The Morgan fingerprint density at radius 2 is 1.74 bits per heavy atom. The zero-order valence-corrected chi connectivity index (χ0v) is 10.5. The zero-order chi connectivity index (χ0) is 13.4. The first kappa shape index (κ1) is 11.8. The lowest BCUT2D eigenvalue weighted by Gasteiger charge is -1.98. The van der Waals surface area contributed by atoms with E-state index in [9.17, 15) is 9.90 Å². The summed E-state index contributed by atoms with van der Waals surface area (Å²) < 4.78 is 5.41. The highest BCUT2D eigenvalue weighted by Gasteiger charge is 2.21. The second-order valence-electron chi connectivity index (χ2n) is 4.11. The summed E-state index contributed by atoms with van der Waals surface area (Å²) >= 11 is 5.77. The van der Waals surface area contributed by atoms with Crippen LogP contribution in [-0.4, -0.2) is 10.9 Å². The SMILES string of the molecule is O=C(c1ccc(Cl)cc1)c1oc2ccccc2c1O. The van der Waals surface area contributed by atoms with Crippen molar-refractivity contribution in [2.24, 2.45) is 0 Å². The maximum atomic E-state index is 12.3. The molecule has 0 aliphatic heterocycles. The molecule has 0 unspecified atom stereocenters. The normalized spacial score (nSPS) is 10.8. The highest BCUT2D eigenvalue weighted by Crippen LogP contribution is 2.33. The molecule has 4 heteroatoms. The quantitative estimate of drug-likeness (QED) is 0.717. The van der Waals surface area contributed by atoms with Crippen LogP contribution < -0.4 is 0 Å². The van der Waals surface area contributed by atoms with E-state index in [-0.39, 0.29) is 17.3 Å². The fourth-order valence-corrected chi connectivity index (χ4v) is 2.04. The van der Waals surface area contributed by atoms with Crippen LogP contribution in [0.15, 0.2) is 52.9 Å². The third-order valence-electron chi connectivity index (χ3n) is 2.88. The summed E-state index contributed by atoms with van der Waals surface area (Å²) in [6, 6.07) is 13.4. The van der Waals surface area contributed by atoms with Crippen molar-refractivity contribution >= 4 is 28.4 Å². The van der Waals surface area contributed by atoms with Crippen LogP contribution in [0.3, 0.4) is 0 Å². The van der Waals surface area contributed by atoms with Crippen LogP contribution in [0.5, 0.6) is 5.75 Å². The van der Waals surface area contributed by atoms with Gasteiger partial charge in [0.1, 0.15) is 5.58 Å². The summed E-state index contributed by atoms with van der Waals surface area (Å²) in [6.45, 7) is 0. The molecule has 0 saturated heterocycles. The molecule has 3 rings (SSSR count). The van der Waals surface area contributed by atoms with Crippen molar-refractivity contribution in [1.29, 1.82) is 0 Å². The predicted octanol–water partition coefficient (Wildman–Crippen LogP) is 4.02. The van der Waals surface area contributed by atoms with Crippen LogP contribution in [0.25, 0.3) is 11.0 Å². The number of para-hydroxylation sites is 1. The molecule has 1 heterocycles. The van der Waals surface area contributed by atoms with E-state index in [1.807, 2.05) is 0 Å². The fourth-order valence-electron chi connectivity index (χ4n) is 1.92. The summed E-state index contributed by atoms with van der Waals surface area (Å²) in [5.41, 5.74) is 0.899. The number of furan rings is 1. The van der Waals surface area contributed by atoms with Crippen LogP contribution in [0, 0.1) is 0 Å². The molecule has 3 aromatic rings. The molecule has 3 nitrogen and oxygen atoms in total. The average Bonchev–Trinajstić information content (AvgIpc) is 2.77. The minimum absolute atomic E-state index is 0.0523. The number of hydrogen-bond donors (Lipinski definition) is 1. The van der Waals surface area contributed by atoms with Crippen molar-refractivity contribution in [2.75, 3.05) is 0 Å². The van der Waals surface area contributed by atoms with Gasteiger partial charge >= 0.3 is 0 Å². The van der Waals surface area contributed by atoms with Gasteiger partial charge in [0.25, 0.3) is 0 Å². The Labute approximate surface area is 114 Å². The van der Waals surface area contributed by atoms with Crippen molar-refractivity contribution in [2.45, 2.75) is 0 Å². The van der Waals surface area contributed by atoms with Gasteiger partial charge in [-0.25, -0.2) is 0 Å². The minimum atomic E-state index is -0.370. The first-order chi connectivity index (χ1) is 9.16. The molecule has 1 N–H and O–H groups in total. The maximum absolute atomic E-state index is 12.3. The number of benzene rings is 2. The average molecular weight is 273 g/mol. The van der Waals surface area contributed by atoms with Crippen molar-refractivity contribution in [3.05, 3.63) is 64.9 Å². The lowest BCUT2D eigenvalue weighted by molar-refractivity contribution is 0.101. The van der Waals surface area contributed by atoms with Gasteiger partial charge in [0.05, 0.1) is 5.39 Å². The summed E-state index contributed by atoms with van der Waals surface area (Å²) in [5.74, 6) is -0.551. The van der Waals surface area contributed by atoms with Crippen molar-refractivity contribution in [3.63, 3.8) is 0 Å². The highest BCUT2D eigenvalue weighted by molar-refractivity contribution is 6.30. The molecule has 0 aliphatic rings. The van der Waals surface area contributed by atoms with E-state index in [1.165, 1.54) is 0 Å². The fraction of sp³-hybridized carbons (Fsp3) is 0. The van der Waals surface area contributed by atoms with E-state index < -0.39 is 0 Å². The topological polar surface area (TPSA) is 50.4 Å². The van der Waals surface area contributed by atoms with Crippen molar-refractivity contribution in [1.82, 2.24) is 0 Å². The van der Waals surface area contributed by atoms with Crippen LogP contribution in [0.4, 0.5) is 0 Å². The van der Waals surface area contributed by atoms with Gasteiger partial charge in [-0.3, -0.25) is 4.79 Å². The molecule has 0 radical (unpaired) electrons. The van der Waals surface area contributed by atoms with Gasteiger partial charge in [0, 0.05) is 10.6 Å². The van der Waals surface area contributed by atoms with Gasteiger partial charge in [-0.2, -0.15) is 0 Å². The van der Waals surface area contributed by atoms with E-state index in [0.29, 0.717) is 21.6 Å². The number of aromatic hydroxyl groups is 1. The molecular formula is C15H9ClO3. The number of carbonyl (C=O) groups excluding carboxylic acids is 1. The maximum Gasteiger partial charge on any atom is 0.232 e. The summed E-state index contributed by atoms with van der Waals surface area (Å²) in [4.78, 5) is 12.3. The predicted molar refractivity (Wildman–Crippen MR) is 72.8 cm³/mol. The molecule has 0 aliphatic carbocycles. The van der Waals surface area contributed by atoms with Gasteiger partial charge in [0.15, 0.2) is 5.75 Å². The smallest absolute Gasteiger partial charge is 0.232 e. The summed E-state index contributed by atoms with van der Waals surface area (Å²) in [6.07, 6.45) is 0. The third kappa shape index (κ3) is 1.98. The third-order valence-corrected chi connectivity index (χ3v) is 3.13. The van der Waals surface area contributed by atoms with E-state index in [1.54, 1.807) is 48.5 Å². The Hall–Kier alpha value is -2.26. The largest absolute Gasteiger partial charge is 0.504 e. The molecule has 19 heavy (non-hydrogen) atoms. The highest BCUT2D eigenvalue weighted by atomic mass is 35.5. The minimum Gasteiger partial charge on any atom is -0.504 e. The van der Waals surface area contributed by atoms with Gasteiger partial charge in [-0.1, -0.05) is 23.7 Å². The lowest BCUT2D eigenvalue weighted by atomic mass is 10.1. The number of fused-ring (bicyclic) bond motifs is 1. The van der Waals surface area contributed by atoms with Crippen molar-refractivity contribution in [3.8, 4) is 5.75 Å². The van der Waals surface area contributed by atoms with Gasteiger partial charge in [0.2, 0.25) is 11.5 Å². The number of ketones is 1. The standard InChI is InChI=1S/C15H9ClO3/c16-10-7-5-9(6-8-10)13(17)15-14(18)11-3-1-2-4-12(11)19-15/h1-8,18H. The number of halogens is 1. The van der Waals surface area contributed by atoms with E-state index in [0.717, 1.165) is 0 Å². The Balaban J connectivity index is 2.11. The summed E-state index contributed by atoms with van der Waals surface area (Å²) in [7, 11) is 0. The van der Waals surface area contributed by atoms with Crippen LogP contribution in [-0.2, 0) is 0 Å². The monoisotopic (exact) mass is 272 g/mol. The van der Waals surface area contributed by atoms with E-state index >= 15 is 0 Å². The van der Waals surface area contributed by atoms with Gasteiger partial charge in [-0.05, 0) is 36.4 Å². The zero-order valence-electron chi connectivity index (χ0n) is 9.76. The Morgan fingerprint density at radius 1 is 1.05 bits per heavy atom. The molecule has 0 fully saturated rings. The molecule has 0 amide bonds. The Bertz CT molecular complexity index is 757. The molecule has 0 bridgehead atoms. The van der Waals surface area contributed by atoms with Crippen LogP contribution in [0.1, 0.15) is 16.1 Å². The van der Waals surface area contributed by atoms with Gasteiger partial charge < -0.3 is 9.52 Å². The van der Waals surface area contributed by atoms with Gasteiger partial charge in [-0.15, -0.1) is 0 Å². The number of hydrogen-bond acceptors (Lipinski definition) is 3. The second kappa shape index (κ2) is 4.44. The second-order valence-corrected chi connectivity index (χ2v) is 4.55. The molecule has 94 valence electrons. The Kier molecular flexibility index (Phi) is 2.76. The molecule has 2 aromatic carbocycles. The number of rotatable bonds is 2. The molecule has 1 aromatic heterocycles. The molecule has 0 spiro atoms. The van der Waals surface area contributed by atoms with E-state index in [2.05, 4.69) is 0 Å². The first-order valence-electron chi connectivity index (χ1n) is 5.67.